The van der Waals surface area contributed by atoms with Gasteiger partial charge in [0.1, 0.15) is 0 Å². The van der Waals surface area contributed by atoms with Crippen LogP contribution in [0.3, 0.4) is 0 Å². The Morgan fingerprint density at radius 2 is 2.30 bits per heavy atom. The lowest BCUT2D eigenvalue weighted by Gasteiger charge is -2.18. The second-order valence-electron chi connectivity index (χ2n) is 5.46. The van der Waals surface area contributed by atoms with Crippen molar-refractivity contribution in [1.29, 1.82) is 0 Å². The summed E-state index contributed by atoms with van der Waals surface area (Å²) >= 11 is 0. The Balaban J connectivity index is 1.84. The number of hydrogen-bond acceptors (Lipinski definition) is 3. The van der Waals surface area contributed by atoms with E-state index >= 15 is 0 Å². The van der Waals surface area contributed by atoms with Crippen molar-refractivity contribution >= 4 is 22.5 Å². The van der Waals surface area contributed by atoms with Crippen LogP contribution in [0.15, 0.2) is 24.4 Å². The van der Waals surface area contributed by atoms with Crippen molar-refractivity contribution < 1.29 is 9.90 Å². The number of aromatic nitrogens is 1. The maximum absolute atomic E-state index is 12.4. The van der Waals surface area contributed by atoms with Crippen LogP contribution < -0.4 is 11.1 Å². The molecular weight excluding hydrogens is 254 g/mol. The average molecular weight is 273 g/mol. The van der Waals surface area contributed by atoms with Gasteiger partial charge in [0.25, 0.3) is 5.91 Å². The zero-order valence-corrected chi connectivity index (χ0v) is 11.2. The Bertz CT molecular complexity index is 635. The first-order chi connectivity index (χ1) is 9.69. The number of aromatic amines is 1. The van der Waals surface area contributed by atoms with Gasteiger partial charge in [0.15, 0.2) is 0 Å². The largest absolute Gasteiger partial charge is 0.399 e. The lowest BCUT2D eigenvalue weighted by molar-refractivity contribution is 0.0918. The van der Waals surface area contributed by atoms with Gasteiger partial charge in [-0.25, -0.2) is 0 Å². The molecule has 0 spiro atoms. The predicted molar refractivity (Wildman–Crippen MR) is 78.4 cm³/mol. The fourth-order valence-electron chi connectivity index (χ4n) is 3.02. The van der Waals surface area contributed by atoms with Crippen LogP contribution in [0.4, 0.5) is 5.69 Å². The molecule has 0 bridgehead atoms. The van der Waals surface area contributed by atoms with E-state index in [1.807, 2.05) is 6.07 Å². The molecule has 1 aromatic heterocycles. The van der Waals surface area contributed by atoms with Crippen molar-refractivity contribution in [3.8, 4) is 0 Å². The van der Waals surface area contributed by atoms with Gasteiger partial charge in [-0.15, -0.1) is 0 Å². The quantitative estimate of drug-likeness (QED) is 0.641. The molecule has 106 valence electrons. The molecule has 1 saturated carbocycles. The molecular formula is C15H19N3O2. The van der Waals surface area contributed by atoms with E-state index in [4.69, 9.17) is 5.73 Å². The molecule has 2 aromatic rings. The van der Waals surface area contributed by atoms with Gasteiger partial charge >= 0.3 is 0 Å². The highest BCUT2D eigenvalue weighted by Gasteiger charge is 2.28. The second-order valence-corrected chi connectivity index (χ2v) is 5.46. The first-order valence-electron chi connectivity index (χ1n) is 6.97. The Hall–Kier alpha value is -2.01. The summed E-state index contributed by atoms with van der Waals surface area (Å²) in [6.07, 6.45) is 4.67. The molecule has 5 heteroatoms. The van der Waals surface area contributed by atoms with Gasteiger partial charge in [0.05, 0.1) is 5.56 Å². The fourth-order valence-corrected chi connectivity index (χ4v) is 3.02. The van der Waals surface area contributed by atoms with E-state index in [2.05, 4.69) is 10.3 Å². The fraction of sp³-hybridized carbons (Fsp3) is 0.400. The number of anilines is 1. The highest BCUT2D eigenvalue weighted by atomic mass is 16.3. The minimum absolute atomic E-state index is 0.0681. The van der Waals surface area contributed by atoms with Crippen LogP contribution in [-0.4, -0.2) is 28.6 Å². The average Bonchev–Trinajstić information content (AvgIpc) is 3.04. The van der Waals surface area contributed by atoms with Crippen LogP contribution in [0.2, 0.25) is 0 Å². The molecule has 3 rings (SSSR count). The number of fused-ring (bicyclic) bond motifs is 1. The van der Waals surface area contributed by atoms with Gasteiger partial charge in [-0.2, -0.15) is 0 Å². The predicted octanol–water partition coefficient (Wildman–Crippen LogP) is 1.64. The van der Waals surface area contributed by atoms with Crippen LogP contribution in [0, 0.1) is 5.92 Å². The summed E-state index contributed by atoms with van der Waals surface area (Å²) in [7, 11) is 0. The first kappa shape index (κ1) is 13.0. The van der Waals surface area contributed by atoms with E-state index in [9.17, 15) is 9.90 Å². The summed E-state index contributed by atoms with van der Waals surface area (Å²) in [6, 6.07) is 5.55. The minimum Gasteiger partial charge on any atom is -0.399 e. The molecule has 1 heterocycles. The van der Waals surface area contributed by atoms with Gasteiger partial charge in [-0.3, -0.25) is 4.79 Å². The maximum atomic E-state index is 12.4. The number of benzene rings is 1. The molecule has 1 aliphatic rings. The molecule has 0 radical (unpaired) electrons. The Morgan fingerprint density at radius 1 is 1.45 bits per heavy atom. The molecule has 0 aliphatic heterocycles. The summed E-state index contributed by atoms with van der Waals surface area (Å²) < 4.78 is 0. The highest BCUT2D eigenvalue weighted by molar-refractivity contribution is 6.07. The molecule has 20 heavy (non-hydrogen) atoms. The van der Waals surface area contributed by atoms with Crippen molar-refractivity contribution in [2.75, 3.05) is 12.3 Å². The van der Waals surface area contributed by atoms with E-state index in [0.29, 0.717) is 11.3 Å². The number of H-pyrrole nitrogens is 1. The number of rotatable bonds is 3. The van der Waals surface area contributed by atoms with E-state index in [1.165, 1.54) is 0 Å². The van der Waals surface area contributed by atoms with E-state index in [-0.39, 0.29) is 24.5 Å². The normalized spacial score (nSPS) is 22.2. The molecule has 0 saturated heterocycles. The van der Waals surface area contributed by atoms with Gasteiger partial charge in [0.2, 0.25) is 0 Å². The van der Waals surface area contributed by atoms with E-state index in [1.54, 1.807) is 18.3 Å². The molecule has 2 unspecified atom stereocenters. The summed E-state index contributed by atoms with van der Waals surface area (Å²) in [5, 5.41) is 13.2. The van der Waals surface area contributed by atoms with Gasteiger partial charge in [0, 0.05) is 41.4 Å². The molecule has 1 amide bonds. The van der Waals surface area contributed by atoms with Gasteiger partial charge < -0.3 is 21.1 Å². The lowest BCUT2D eigenvalue weighted by Crippen LogP contribution is -2.38. The maximum Gasteiger partial charge on any atom is 0.253 e. The van der Waals surface area contributed by atoms with E-state index in [0.717, 1.165) is 30.2 Å². The second kappa shape index (κ2) is 5.17. The van der Waals surface area contributed by atoms with Crippen LogP contribution in [0.25, 0.3) is 10.9 Å². The van der Waals surface area contributed by atoms with Crippen LogP contribution in [0.5, 0.6) is 0 Å². The molecule has 5 N–H and O–H groups in total. The standard InChI is InChI=1S/C15H19N3O2/c16-10-4-5-14-11(6-10)12(7-17-14)15(20)18-13-3-1-2-9(13)8-19/h4-7,9,13,17,19H,1-3,8,16H2,(H,18,20). The monoisotopic (exact) mass is 273 g/mol. The van der Waals surface area contributed by atoms with E-state index < -0.39 is 0 Å². The summed E-state index contributed by atoms with van der Waals surface area (Å²) in [5.41, 5.74) is 7.92. The number of hydrogen-bond donors (Lipinski definition) is 4. The number of amides is 1. The lowest BCUT2D eigenvalue weighted by atomic mass is 10.0. The molecule has 1 aromatic carbocycles. The summed E-state index contributed by atoms with van der Waals surface area (Å²) in [5.74, 6) is 0.0708. The van der Waals surface area contributed by atoms with Crippen molar-refractivity contribution in [3.63, 3.8) is 0 Å². The number of nitrogens with one attached hydrogen (secondary N) is 2. The highest BCUT2D eigenvalue weighted by Crippen LogP contribution is 2.26. The molecule has 2 atom stereocenters. The van der Waals surface area contributed by atoms with Crippen LogP contribution in [-0.2, 0) is 0 Å². The molecule has 1 aliphatic carbocycles. The summed E-state index contributed by atoms with van der Waals surface area (Å²) in [6.45, 7) is 0.131. The van der Waals surface area contributed by atoms with Crippen LogP contribution in [0.1, 0.15) is 29.6 Å². The van der Waals surface area contributed by atoms with Crippen molar-refractivity contribution in [1.82, 2.24) is 10.3 Å². The number of nitrogens with two attached hydrogens (primary N) is 1. The number of nitrogen functional groups attached to an aromatic ring is 1. The third kappa shape index (κ3) is 2.25. The van der Waals surface area contributed by atoms with Crippen molar-refractivity contribution in [2.45, 2.75) is 25.3 Å². The number of carbonyl (C=O) groups excluding carboxylic acids is 1. The topological polar surface area (TPSA) is 91.1 Å². The van der Waals surface area contributed by atoms with Crippen LogP contribution >= 0.6 is 0 Å². The molecule has 5 nitrogen and oxygen atoms in total. The Kier molecular flexibility index (Phi) is 3.36. The Morgan fingerprint density at radius 3 is 3.10 bits per heavy atom. The summed E-state index contributed by atoms with van der Waals surface area (Å²) in [4.78, 5) is 15.5. The van der Waals surface area contributed by atoms with Gasteiger partial charge in [-0.1, -0.05) is 6.42 Å². The minimum atomic E-state index is -0.104. The third-order valence-corrected chi connectivity index (χ3v) is 4.16. The number of aliphatic hydroxyl groups is 1. The SMILES string of the molecule is Nc1ccc2[nH]cc(C(=O)NC3CCCC3CO)c2c1. The van der Waals surface area contributed by atoms with Gasteiger partial charge in [-0.05, 0) is 31.0 Å². The third-order valence-electron chi connectivity index (χ3n) is 4.16. The number of aliphatic hydroxyl groups excluding tert-OH is 1. The van der Waals surface area contributed by atoms with Crippen molar-refractivity contribution in [3.05, 3.63) is 30.0 Å². The first-order valence-corrected chi connectivity index (χ1v) is 6.97. The number of carbonyl (C=O) groups is 1. The zero-order valence-electron chi connectivity index (χ0n) is 11.2. The Labute approximate surface area is 117 Å². The smallest absolute Gasteiger partial charge is 0.253 e. The van der Waals surface area contributed by atoms with Crippen molar-refractivity contribution in [2.24, 2.45) is 5.92 Å². The molecule has 1 fully saturated rings. The zero-order chi connectivity index (χ0) is 14.1.